The molecular formula is C29H40FN3O3. The van der Waals surface area contributed by atoms with Crippen molar-refractivity contribution in [1.29, 1.82) is 0 Å². The molecule has 196 valence electrons. The molecule has 1 aliphatic rings. The van der Waals surface area contributed by atoms with Gasteiger partial charge in [0.2, 0.25) is 5.91 Å². The van der Waals surface area contributed by atoms with Gasteiger partial charge in [0.15, 0.2) is 0 Å². The van der Waals surface area contributed by atoms with Gasteiger partial charge in [0.1, 0.15) is 18.2 Å². The SMILES string of the molecule is CCN1CCCCN(C(=O)CCN(C)c2ccc(F)cc2)[C@@H](CC(C)C)COc2ccccc2C1=O. The van der Waals surface area contributed by atoms with E-state index in [0.717, 1.165) is 24.9 Å². The Kier molecular flexibility index (Phi) is 10.1. The summed E-state index contributed by atoms with van der Waals surface area (Å²) in [7, 11) is 1.92. The number of benzene rings is 2. The first-order valence-electron chi connectivity index (χ1n) is 13.1. The molecule has 2 amide bonds. The minimum atomic E-state index is -0.274. The molecule has 0 aliphatic carbocycles. The number of rotatable bonds is 7. The highest BCUT2D eigenvalue weighted by Gasteiger charge is 2.27. The van der Waals surface area contributed by atoms with Crippen LogP contribution in [0.1, 0.15) is 56.8 Å². The highest BCUT2D eigenvalue weighted by atomic mass is 19.1. The second kappa shape index (κ2) is 13.3. The number of anilines is 1. The zero-order chi connectivity index (χ0) is 26.1. The molecule has 0 N–H and O–H groups in total. The summed E-state index contributed by atoms with van der Waals surface area (Å²) in [6.07, 6.45) is 2.82. The van der Waals surface area contributed by atoms with Crippen molar-refractivity contribution in [1.82, 2.24) is 9.80 Å². The molecule has 3 rings (SSSR count). The van der Waals surface area contributed by atoms with Gasteiger partial charge in [0.25, 0.3) is 5.91 Å². The van der Waals surface area contributed by atoms with Crippen molar-refractivity contribution in [3.05, 3.63) is 59.9 Å². The van der Waals surface area contributed by atoms with Crippen molar-refractivity contribution in [2.75, 3.05) is 44.7 Å². The summed E-state index contributed by atoms with van der Waals surface area (Å²) in [6.45, 7) is 9.07. The van der Waals surface area contributed by atoms with E-state index in [1.807, 2.05) is 52.9 Å². The molecule has 0 unspecified atom stereocenters. The van der Waals surface area contributed by atoms with E-state index in [9.17, 15) is 14.0 Å². The average Bonchev–Trinajstić information content (AvgIpc) is 2.86. The lowest BCUT2D eigenvalue weighted by Gasteiger charge is -2.35. The number of carbonyl (C=O) groups is 2. The quantitative estimate of drug-likeness (QED) is 0.526. The molecule has 1 aliphatic heterocycles. The van der Waals surface area contributed by atoms with Crippen molar-refractivity contribution in [3.63, 3.8) is 0 Å². The lowest BCUT2D eigenvalue weighted by Crippen LogP contribution is -2.46. The number of ether oxygens (including phenoxy) is 1. The zero-order valence-corrected chi connectivity index (χ0v) is 22.1. The lowest BCUT2D eigenvalue weighted by atomic mass is 10.0. The van der Waals surface area contributed by atoms with Crippen molar-refractivity contribution in [2.24, 2.45) is 5.92 Å². The predicted octanol–water partition coefficient (Wildman–Crippen LogP) is 5.23. The van der Waals surface area contributed by atoms with Crippen LogP contribution in [0.3, 0.4) is 0 Å². The molecule has 0 aromatic heterocycles. The maximum Gasteiger partial charge on any atom is 0.257 e. The lowest BCUT2D eigenvalue weighted by molar-refractivity contribution is -0.134. The normalized spacial score (nSPS) is 17.2. The molecular weight excluding hydrogens is 457 g/mol. The van der Waals surface area contributed by atoms with Crippen molar-refractivity contribution in [2.45, 2.75) is 52.5 Å². The van der Waals surface area contributed by atoms with Crippen molar-refractivity contribution in [3.8, 4) is 5.75 Å². The first-order chi connectivity index (χ1) is 17.3. The van der Waals surface area contributed by atoms with Crippen molar-refractivity contribution < 1.29 is 18.7 Å². The fourth-order valence-corrected chi connectivity index (χ4v) is 4.69. The van der Waals surface area contributed by atoms with E-state index >= 15 is 0 Å². The molecule has 36 heavy (non-hydrogen) atoms. The third kappa shape index (κ3) is 7.45. The van der Waals surface area contributed by atoms with Crippen molar-refractivity contribution >= 4 is 17.5 Å². The molecule has 0 radical (unpaired) electrons. The number of hydrogen-bond donors (Lipinski definition) is 0. The van der Waals surface area contributed by atoms with Gasteiger partial charge in [-0.25, -0.2) is 4.39 Å². The Hall–Kier alpha value is -3.09. The smallest absolute Gasteiger partial charge is 0.257 e. The summed E-state index contributed by atoms with van der Waals surface area (Å²) in [5.74, 6) is 0.761. The fourth-order valence-electron chi connectivity index (χ4n) is 4.69. The number of carbonyl (C=O) groups excluding carboxylic acids is 2. The van der Waals surface area contributed by atoms with Crippen LogP contribution in [-0.2, 0) is 4.79 Å². The Morgan fingerprint density at radius 2 is 1.81 bits per heavy atom. The molecule has 0 saturated carbocycles. The number of fused-ring (bicyclic) bond motifs is 1. The van der Waals surface area contributed by atoms with E-state index in [1.165, 1.54) is 12.1 Å². The first kappa shape index (κ1) is 27.5. The topological polar surface area (TPSA) is 53.1 Å². The third-order valence-corrected chi connectivity index (χ3v) is 6.73. The largest absolute Gasteiger partial charge is 0.491 e. The van der Waals surface area contributed by atoms with Gasteiger partial charge >= 0.3 is 0 Å². The number of amides is 2. The monoisotopic (exact) mass is 497 g/mol. The molecule has 1 atom stereocenters. The molecule has 0 spiro atoms. The van der Waals surface area contributed by atoms with Gasteiger partial charge in [-0.15, -0.1) is 0 Å². The summed E-state index contributed by atoms with van der Waals surface area (Å²) in [5, 5.41) is 0. The summed E-state index contributed by atoms with van der Waals surface area (Å²) < 4.78 is 19.5. The Morgan fingerprint density at radius 3 is 2.50 bits per heavy atom. The highest BCUT2D eigenvalue weighted by Crippen LogP contribution is 2.24. The van der Waals surface area contributed by atoms with Crippen LogP contribution in [0.4, 0.5) is 10.1 Å². The molecule has 2 aromatic carbocycles. The molecule has 0 bridgehead atoms. The van der Waals surface area contributed by atoms with E-state index in [2.05, 4.69) is 13.8 Å². The molecule has 2 aromatic rings. The summed E-state index contributed by atoms with van der Waals surface area (Å²) in [5.41, 5.74) is 1.45. The Morgan fingerprint density at radius 1 is 1.11 bits per heavy atom. The summed E-state index contributed by atoms with van der Waals surface area (Å²) >= 11 is 0. The second-order valence-corrected chi connectivity index (χ2v) is 9.92. The molecule has 1 heterocycles. The van der Waals surface area contributed by atoms with Crippen LogP contribution in [-0.4, -0.2) is 67.5 Å². The maximum absolute atomic E-state index is 13.5. The first-order valence-corrected chi connectivity index (χ1v) is 13.1. The number of para-hydroxylation sites is 1. The standard InChI is InChI=1S/C29H40FN3O3/c1-5-32-17-8-9-18-33(28(34)16-19-31(4)24-14-12-23(30)13-15-24)25(20-22(2)3)21-36-27-11-7-6-10-26(27)29(32)35/h6-7,10-15,22,25H,5,8-9,16-21H2,1-4H3/t25-/m0/s1. The average molecular weight is 498 g/mol. The van der Waals surface area contributed by atoms with Crippen LogP contribution in [0.2, 0.25) is 0 Å². The predicted molar refractivity (Wildman–Crippen MR) is 142 cm³/mol. The zero-order valence-electron chi connectivity index (χ0n) is 22.1. The van der Waals surface area contributed by atoms with E-state index in [4.69, 9.17) is 4.74 Å². The van der Waals surface area contributed by atoms with Crippen LogP contribution in [0.5, 0.6) is 5.75 Å². The van der Waals surface area contributed by atoms with Crippen LogP contribution < -0.4 is 9.64 Å². The van der Waals surface area contributed by atoms with Crippen LogP contribution in [0.15, 0.2) is 48.5 Å². The number of hydrogen-bond acceptors (Lipinski definition) is 4. The Balaban J connectivity index is 1.79. The van der Waals surface area contributed by atoms with Gasteiger partial charge in [-0.05, 0) is 68.5 Å². The minimum absolute atomic E-state index is 0.00848. The van der Waals surface area contributed by atoms with Crippen LogP contribution in [0.25, 0.3) is 0 Å². The third-order valence-electron chi connectivity index (χ3n) is 6.73. The molecule has 0 saturated heterocycles. The Labute approximate surface area is 215 Å². The fraction of sp³-hybridized carbons (Fsp3) is 0.517. The number of nitrogens with zero attached hydrogens (tertiary/aromatic N) is 3. The molecule has 7 heteroatoms. The van der Waals surface area contributed by atoms with Crippen LogP contribution in [0, 0.1) is 11.7 Å². The van der Waals surface area contributed by atoms with E-state index in [-0.39, 0.29) is 23.7 Å². The minimum Gasteiger partial charge on any atom is -0.491 e. The second-order valence-electron chi connectivity index (χ2n) is 9.92. The molecule has 6 nitrogen and oxygen atoms in total. The Bertz CT molecular complexity index is 996. The maximum atomic E-state index is 13.5. The molecule has 0 fully saturated rings. The number of halogens is 1. The van der Waals surface area contributed by atoms with Gasteiger partial charge in [-0.2, -0.15) is 0 Å². The van der Waals surface area contributed by atoms with Gasteiger partial charge in [-0.3, -0.25) is 9.59 Å². The van der Waals surface area contributed by atoms with E-state index < -0.39 is 0 Å². The van der Waals surface area contributed by atoms with Crippen LogP contribution >= 0.6 is 0 Å². The summed E-state index contributed by atoms with van der Waals surface area (Å²) in [4.78, 5) is 32.5. The van der Waals surface area contributed by atoms with Gasteiger partial charge < -0.3 is 19.4 Å². The van der Waals surface area contributed by atoms with E-state index in [0.29, 0.717) is 56.4 Å². The van der Waals surface area contributed by atoms with Gasteiger partial charge in [-0.1, -0.05) is 26.0 Å². The van der Waals surface area contributed by atoms with Gasteiger partial charge in [0, 0.05) is 45.3 Å². The van der Waals surface area contributed by atoms with E-state index in [1.54, 1.807) is 12.1 Å². The van der Waals surface area contributed by atoms with Gasteiger partial charge in [0.05, 0.1) is 11.6 Å². The summed E-state index contributed by atoms with van der Waals surface area (Å²) in [6, 6.07) is 13.6. The highest BCUT2D eigenvalue weighted by molar-refractivity contribution is 5.97.